The Balaban J connectivity index is 2.77. The summed E-state index contributed by atoms with van der Waals surface area (Å²) in [7, 11) is 0. The van der Waals surface area contributed by atoms with Crippen LogP contribution in [0.2, 0.25) is 0 Å². The van der Waals surface area contributed by atoms with E-state index in [0.29, 0.717) is 23.9 Å². The highest BCUT2D eigenvalue weighted by Crippen LogP contribution is 2.22. The molecule has 0 aliphatic heterocycles. The van der Waals surface area contributed by atoms with Gasteiger partial charge in [0.25, 0.3) is 0 Å². The quantitative estimate of drug-likeness (QED) is 0.788. The van der Waals surface area contributed by atoms with E-state index < -0.39 is 0 Å². The Morgan fingerprint density at radius 2 is 1.38 bits per heavy atom. The average Bonchev–Trinajstić information content (AvgIpc) is 2.26. The Bertz CT molecular complexity index is 290. The van der Waals surface area contributed by atoms with Gasteiger partial charge in [-0.1, -0.05) is 58.0 Å². The summed E-state index contributed by atoms with van der Waals surface area (Å²) < 4.78 is 0. The van der Waals surface area contributed by atoms with Crippen molar-refractivity contribution in [3.05, 3.63) is 35.9 Å². The summed E-state index contributed by atoms with van der Waals surface area (Å²) in [5.41, 5.74) is 1.39. The molecule has 1 heteroatoms. The van der Waals surface area contributed by atoms with E-state index in [1.165, 1.54) is 5.56 Å². The monoisotopic (exact) mass is 219 g/mol. The van der Waals surface area contributed by atoms with Crippen LogP contribution in [0.25, 0.3) is 0 Å². The summed E-state index contributed by atoms with van der Waals surface area (Å²) in [5, 5.41) is 3.73. The summed E-state index contributed by atoms with van der Waals surface area (Å²) in [6, 6.07) is 11.7. The lowest BCUT2D eigenvalue weighted by atomic mass is 9.94. The number of nitrogens with one attached hydrogen (secondary N) is 1. The predicted octanol–water partition coefficient (Wildman–Crippen LogP) is 4.02. The molecule has 0 aromatic heterocycles. The van der Waals surface area contributed by atoms with Gasteiger partial charge in [0, 0.05) is 12.1 Å². The minimum Gasteiger partial charge on any atom is -0.307 e. The van der Waals surface area contributed by atoms with Gasteiger partial charge in [0.05, 0.1) is 0 Å². The number of hydrogen-bond acceptors (Lipinski definition) is 1. The van der Waals surface area contributed by atoms with Crippen LogP contribution in [-0.4, -0.2) is 6.04 Å². The van der Waals surface area contributed by atoms with Gasteiger partial charge in [-0.3, -0.25) is 0 Å². The zero-order chi connectivity index (χ0) is 12.1. The van der Waals surface area contributed by atoms with Crippen LogP contribution in [0, 0.1) is 11.8 Å². The zero-order valence-electron chi connectivity index (χ0n) is 11.2. The van der Waals surface area contributed by atoms with Crippen molar-refractivity contribution in [3.63, 3.8) is 0 Å². The van der Waals surface area contributed by atoms with Gasteiger partial charge in [0.2, 0.25) is 0 Å². The van der Waals surface area contributed by atoms with E-state index in [2.05, 4.69) is 70.3 Å². The maximum Gasteiger partial charge on any atom is 0.0345 e. The Hall–Kier alpha value is -0.820. The fourth-order valence-electron chi connectivity index (χ4n) is 1.81. The van der Waals surface area contributed by atoms with Crippen molar-refractivity contribution in [3.8, 4) is 0 Å². The molecule has 2 atom stereocenters. The number of hydrogen-bond donors (Lipinski definition) is 1. The van der Waals surface area contributed by atoms with E-state index in [0.717, 1.165) is 0 Å². The first kappa shape index (κ1) is 13.2. The molecule has 1 N–H and O–H groups in total. The molecule has 0 saturated carbocycles. The molecule has 0 fully saturated rings. The molecule has 1 nitrogen and oxygen atoms in total. The second-order valence-corrected chi connectivity index (χ2v) is 5.33. The zero-order valence-corrected chi connectivity index (χ0v) is 11.2. The van der Waals surface area contributed by atoms with Gasteiger partial charge >= 0.3 is 0 Å². The van der Waals surface area contributed by atoms with Crippen molar-refractivity contribution < 1.29 is 0 Å². The van der Waals surface area contributed by atoms with Gasteiger partial charge in [-0.05, 0) is 24.3 Å². The van der Waals surface area contributed by atoms with Crippen molar-refractivity contribution >= 4 is 0 Å². The third-order valence-corrected chi connectivity index (χ3v) is 3.27. The SMILES string of the molecule is CC(C)C(C)NC(c1ccccc1)C(C)C. The molecule has 16 heavy (non-hydrogen) atoms. The van der Waals surface area contributed by atoms with E-state index in [1.807, 2.05) is 0 Å². The lowest BCUT2D eigenvalue weighted by Gasteiger charge is -2.28. The van der Waals surface area contributed by atoms with Crippen LogP contribution in [0.4, 0.5) is 0 Å². The van der Waals surface area contributed by atoms with E-state index in [9.17, 15) is 0 Å². The van der Waals surface area contributed by atoms with Crippen LogP contribution in [0.1, 0.15) is 46.2 Å². The molecule has 0 heterocycles. The van der Waals surface area contributed by atoms with Gasteiger partial charge in [0.15, 0.2) is 0 Å². The van der Waals surface area contributed by atoms with Crippen LogP contribution in [0.5, 0.6) is 0 Å². The highest BCUT2D eigenvalue weighted by Gasteiger charge is 2.18. The topological polar surface area (TPSA) is 12.0 Å². The molecule has 90 valence electrons. The smallest absolute Gasteiger partial charge is 0.0345 e. The average molecular weight is 219 g/mol. The van der Waals surface area contributed by atoms with Gasteiger partial charge in [-0.2, -0.15) is 0 Å². The first-order chi connectivity index (χ1) is 7.52. The lowest BCUT2D eigenvalue weighted by molar-refractivity contribution is 0.324. The highest BCUT2D eigenvalue weighted by atomic mass is 15.0. The Morgan fingerprint density at radius 1 is 0.812 bits per heavy atom. The van der Waals surface area contributed by atoms with Crippen molar-refractivity contribution in [2.45, 2.75) is 46.7 Å². The summed E-state index contributed by atoms with van der Waals surface area (Å²) in [6.45, 7) is 11.3. The summed E-state index contributed by atoms with van der Waals surface area (Å²) in [5.74, 6) is 1.29. The molecule has 0 bridgehead atoms. The fraction of sp³-hybridized carbons (Fsp3) is 0.600. The normalized spacial score (nSPS) is 15.4. The molecule has 1 aromatic rings. The second kappa shape index (κ2) is 6.05. The second-order valence-electron chi connectivity index (χ2n) is 5.33. The molecule has 1 aromatic carbocycles. The van der Waals surface area contributed by atoms with Crippen LogP contribution in [0.15, 0.2) is 30.3 Å². The number of rotatable bonds is 5. The highest BCUT2D eigenvalue weighted by molar-refractivity contribution is 5.19. The van der Waals surface area contributed by atoms with Gasteiger partial charge in [0.1, 0.15) is 0 Å². The lowest BCUT2D eigenvalue weighted by Crippen LogP contribution is -2.36. The maximum absolute atomic E-state index is 3.73. The van der Waals surface area contributed by atoms with E-state index >= 15 is 0 Å². The maximum atomic E-state index is 3.73. The molecule has 0 spiro atoms. The summed E-state index contributed by atoms with van der Waals surface area (Å²) in [6.07, 6.45) is 0. The third kappa shape index (κ3) is 3.64. The van der Waals surface area contributed by atoms with Crippen molar-refractivity contribution in [2.75, 3.05) is 0 Å². The van der Waals surface area contributed by atoms with Crippen LogP contribution >= 0.6 is 0 Å². The standard InChI is InChI=1S/C15H25N/c1-11(2)13(5)16-15(12(3)4)14-9-7-6-8-10-14/h6-13,15-16H,1-5H3. The van der Waals surface area contributed by atoms with Crippen LogP contribution in [-0.2, 0) is 0 Å². The van der Waals surface area contributed by atoms with E-state index in [-0.39, 0.29) is 0 Å². The molecule has 1 rings (SSSR count). The van der Waals surface area contributed by atoms with Gasteiger partial charge < -0.3 is 5.32 Å². The Morgan fingerprint density at radius 3 is 1.81 bits per heavy atom. The Labute approximate surface area is 100 Å². The van der Waals surface area contributed by atoms with Gasteiger partial charge in [-0.15, -0.1) is 0 Å². The molecular weight excluding hydrogens is 194 g/mol. The first-order valence-electron chi connectivity index (χ1n) is 6.33. The number of benzene rings is 1. The Kier molecular flexibility index (Phi) is 5.01. The van der Waals surface area contributed by atoms with Crippen LogP contribution in [0.3, 0.4) is 0 Å². The molecule has 0 saturated heterocycles. The largest absolute Gasteiger partial charge is 0.307 e. The molecule has 0 amide bonds. The molecular formula is C15H25N. The van der Waals surface area contributed by atoms with E-state index in [4.69, 9.17) is 0 Å². The molecule has 0 aliphatic carbocycles. The van der Waals surface area contributed by atoms with Gasteiger partial charge in [-0.25, -0.2) is 0 Å². The van der Waals surface area contributed by atoms with Crippen molar-refractivity contribution in [1.29, 1.82) is 0 Å². The first-order valence-corrected chi connectivity index (χ1v) is 6.33. The minimum atomic E-state index is 0.457. The van der Waals surface area contributed by atoms with Crippen molar-refractivity contribution in [2.24, 2.45) is 11.8 Å². The molecule has 0 radical (unpaired) electrons. The van der Waals surface area contributed by atoms with Crippen LogP contribution < -0.4 is 5.32 Å². The summed E-state index contributed by atoms with van der Waals surface area (Å²) in [4.78, 5) is 0. The van der Waals surface area contributed by atoms with Crippen molar-refractivity contribution in [1.82, 2.24) is 5.32 Å². The minimum absolute atomic E-state index is 0.457. The molecule has 2 unspecified atom stereocenters. The fourth-order valence-corrected chi connectivity index (χ4v) is 1.81. The predicted molar refractivity (Wildman–Crippen MR) is 71.5 cm³/mol. The molecule has 0 aliphatic rings. The third-order valence-electron chi connectivity index (χ3n) is 3.27. The van der Waals surface area contributed by atoms with E-state index in [1.54, 1.807) is 0 Å². The summed E-state index contributed by atoms with van der Waals surface area (Å²) >= 11 is 0.